The second kappa shape index (κ2) is 5.97. The molecular formula is C12H16N6O3. The first-order chi connectivity index (χ1) is 9.95. The molecule has 1 aromatic carbocycles. The molecule has 1 aliphatic rings. The van der Waals surface area contributed by atoms with Crippen LogP contribution < -0.4 is 21.9 Å². The van der Waals surface area contributed by atoms with E-state index in [4.69, 9.17) is 32.2 Å². The quantitative estimate of drug-likeness (QED) is 0.411. The van der Waals surface area contributed by atoms with E-state index in [9.17, 15) is 0 Å². The summed E-state index contributed by atoms with van der Waals surface area (Å²) in [6, 6.07) is 6.44. The fourth-order valence-electron chi connectivity index (χ4n) is 1.55. The molecule has 0 saturated carbocycles. The molecule has 0 aliphatic carbocycles. The van der Waals surface area contributed by atoms with Gasteiger partial charge in [-0.3, -0.25) is 11.5 Å². The summed E-state index contributed by atoms with van der Waals surface area (Å²) in [7, 11) is 0. The Kier molecular flexibility index (Phi) is 4.29. The van der Waals surface area contributed by atoms with E-state index in [1.165, 1.54) is 0 Å². The van der Waals surface area contributed by atoms with E-state index in [2.05, 4.69) is 15.2 Å². The molecule has 0 amide bonds. The maximum absolute atomic E-state index is 9.12. The van der Waals surface area contributed by atoms with E-state index in [1.807, 2.05) is 0 Å². The molecule has 1 aromatic rings. The third-order valence-electron chi connectivity index (χ3n) is 2.58. The van der Waals surface area contributed by atoms with Crippen LogP contribution in [-0.4, -0.2) is 46.5 Å². The largest absolute Gasteiger partial charge is 0.458 e. The highest BCUT2D eigenvalue weighted by atomic mass is 16.5. The third kappa shape index (κ3) is 3.61. The van der Waals surface area contributed by atoms with Crippen molar-refractivity contribution in [3.05, 3.63) is 24.3 Å². The lowest BCUT2D eigenvalue weighted by molar-refractivity contribution is 0.0198. The van der Waals surface area contributed by atoms with Gasteiger partial charge in [-0.1, -0.05) is 0 Å². The van der Waals surface area contributed by atoms with Gasteiger partial charge in [0.05, 0.1) is 12.3 Å². The molecular weight excluding hydrogens is 276 g/mol. The van der Waals surface area contributed by atoms with Gasteiger partial charge in [-0.15, -0.1) is 10.2 Å². The molecule has 0 fully saturated rings. The molecule has 0 saturated heterocycles. The third-order valence-corrected chi connectivity index (χ3v) is 2.58. The Balaban J connectivity index is 2.17. The van der Waals surface area contributed by atoms with Crippen molar-refractivity contribution in [3.8, 4) is 5.75 Å². The molecule has 1 aliphatic heterocycles. The van der Waals surface area contributed by atoms with E-state index < -0.39 is 12.5 Å². The summed E-state index contributed by atoms with van der Waals surface area (Å²) in [5.41, 5.74) is 17.8. The fraction of sp³-hybridized carbons (Fsp3) is 0.250. The minimum absolute atomic E-state index is 0.141. The van der Waals surface area contributed by atoms with E-state index in [-0.39, 0.29) is 12.4 Å². The van der Waals surface area contributed by atoms with Crippen molar-refractivity contribution < 1.29 is 14.9 Å². The number of hydrogen-bond donors (Lipinski definition) is 5. The maximum atomic E-state index is 9.12. The molecule has 0 aromatic heterocycles. The van der Waals surface area contributed by atoms with Gasteiger partial charge in [0.2, 0.25) is 5.85 Å². The lowest BCUT2D eigenvalue weighted by Gasteiger charge is -2.23. The van der Waals surface area contributed by atoms with Gasteiger partial charge in [0.25, 0.3) is 0 Å². The van der Waals surface area contributed by atoms with Gasteiger partial charge in [0.15, 0.2) is 5.84 Å². The summed E-state index contributed by atoms with van der Waals surface area (Å²) < 4.78 is 5.18. The number of nitrogens with two attached hydrogens (primary N) is 3. The van der Waals surface area contributed by atoms with E-state index in [1.54, 1.807) is 24.3 Å². The van der Waals surface area contributed by atoms with Crippen molar-refractivity contribution in [3.63, 3.8) is 0 Å². The lowest BCUT2D eigenvalue weighted by atomic mass is 10.2. The zero-order valence-electron chi connectivity index (χ0n) is 11.1. The van der Waals surface area contributed by atoms with E-state index >= 15 is 0 Å². The van der Waals surface area contributed by atoms with Crippen molar-refractivity contribution in [2.45, 2.75) is 5.85 Å². The summed E-state index contributed by atoms with van der Waals surface area (Å²) in [5, 5.41) is 25.4. The molecule has 2 rings (SSSR count). The summed E-state index contributed by atoms with van der Waals surface area (Å²) >= 11 is 0. The first kappa shape index (κ1) is 15.1. The van der Waals surface area contributed by atoms with Gasteiger partial charge in [-0.2, -0.15) is 0 Å². The van der Waals surface area contributed by atoms with Crippen LogP contribution in [0.25, 0.3) is 0 Å². The SMILES string of the molecule is NC1=NN=C(CO)C1=Nc1ccc(OC(N)(N)CO)cc1. The van der Waals surface area contributed by atoms with Crippen molar-refractivity contribution in [2.75, 3.05) is 13.2 Å². The van der Waals surface area contributed by atoms with Gasteiger partial charge >= 0.3 is 0 Å². The van der Waals surface area contributed by atoms with Gasteiger partial charge in [0, 0.05) is 0 Å². The predicted octanol–water partition coefficient (Wildman–Crippen LogP) is -1.58. The number of aliphatic hydroxyl groups excluding tert-OH is 2. The second-order valence-electron chi connectivity index (χ2n) is 4.36. The maximum Gasteiger partial charge on any atom is 0.236 e. The lowest BCUT2D eigenvalue weighted by Crippen LogP contribution is -2.57. The standard InChI is InChI=1S/C12H16N6O3/c13-11-10(9(5-19)17-18-11)16-7-1-3-8(4-2-7)21-12(14,15)6-20/h1-4,19-20H,5-6,14-15H2,(H2,13,16,18). The second-order valence-corrected chi connectivity index (χ2v) is 4.36. The Morgan fingerprint density at radius 1 is 1.14 bits per heavy atom. The Morgan fingerprint density at radius 3 is 2.38 bits per heavy atom. The number of aliphatic imine (C=N–C) groups is 1. The topological polar surface area (TPSA) is 165 Å². The highest BCUT2D eigenvalue weighted by molar-refractivity contribution is 6.70. The van der Waals surface area contributed by atoms with Gasteiger partial charge in [-0.25, -0.2) is 4.99 Å². The van der Waals surface area contributed by atoms with Crippen LogP contribution in [0.15, 0.2) is 39.5 Å². The number of amidine groups is 1. The Hall–Kier alpha value is -2.33. The minimum Gasteiger partial charge on any atom is -0.458 e. The predicted molar refractivity (Wildman–Crippen MR) is 78.5 cm³/mol. The molecule has 0 spiro atoms. The summed E-state index contributed by atoms with van der Waals surface area (Å²) in [4.78, 5) is 4.25. The highest BCUT2D eigenvalue weighted by Gasteiger charge is 2.20. The number of ether oxygens (including phenoxy) is 1. The Labute approximate surface area is 120 Å². The van der Waals surface area contributed by atoms with Crippen LogP contribution in [0.2, 0.25) is 0 Å². The van der Waals surface area contributed by atoms with E-state index in [0.29, 0.717) is 22.9 Å². The number of nitrogens with zero attached hydrogens (tertiary/aromatic N) is 3. The molecule has 9 nitrogen and oxygen atoms in total. The van der Waals surface area contributed by atoms with E-state index in [0.717, 1.165) is 0 Å². The summed E-state index contributed by atoms with van der Waals surface area (Å²) in [6.45, 7) is -0.829. The zero-order chi connectivity index (χ0) is 15.5. The summed E-state index contributed by atoms with van der Waals surface area (Å²) in [6.07, 6.45) is 0. The number of aliphatic hydroxyl groups is 2. The van der Waals surface area contributed by atoms with Crippen LogP contribution in [0, 0.1) is 0 Å². The molecule has 112 valence electrons. The average Bonchev–Trinajstić information content (AvgIpc) is 2.81. The van der Waals surface area contributed by atoms with Gasteiger partial charge in [0.1, 0.15) is 23.8 Å². The molecule has 9 heteroatoms. The van der Waals surface area contributed by atoms with Crippen molar-refractivity contribution >= 4 is 22.9 Å². The van der Waals surface area contributed by atoms with Gasteiger partial charge < -0.3 is 20.7 Å². The van der Waals surface area contributed by atoms with Crippen molar-refractivity contribution in [1.29, 1.82) is 0 Å². The zero-order valence-corrected chi connectivity index (χ0v) is 11.1. The normalized spacial score (nSPS) is 16.9. The number of rotatable bonds is 5. The van der Waals surface area contributed by atoms with Crippen molar-refractivity contribution in [1.82, 2.24) is 0 Å². The molecule has 21 heavy (non-hydrogen) atoms. The molecule has 0 bridgehead atoms. The molecule has 8 N–H and O–H groups in total. The smallest absolute Gasteiger partial charge is 0.236 e. The molecule has 0 radical (unpaired) electrons. The number of hydrogen-bond acceptors (Lipinski definition) is 9. The molecule has 0 atom stereocenters. The first-order valence-electron chi connectivity index (χ1n) is 6.03. The van der Waals surface area contributed by atoms with Crippen molar-refractivity contribution in [2.24, 2.45) is 32.4 Å². The van der Waals surface area contributed by atoms with Crippen LogP contribution in [0.1, 0.15) is 0 Å². The Morgan fingerprint density at radius 2 is 1.81 bits per heavy atom. The van der Waals surface area contributed by atoms with Gasteiger partial charge in [-0.05, 0) is 24.3 Å². The molecule has 1 heterocycles. The van der Waals surface area contributed by atoms with Crippen LogP contribution in [-0.2, 0) is 0 Å². The van der Waals surface area contributed by atoms with Crippen LogP contribution >= 0.6 is 0 Å². The monoisotopic (exact) mass is 292 g/mol. The average molecular weight is 292 g/mol. The summed E-state index contributed by atoms with van der Waals surface area (Å²) in [5.74, 6) is -1.13. The highest BCUT2D eigenvalue weighted by Crippen LogP contribution is 2.20. The number of benzene rings is 1. The molecule has 0 unspecified atom stereocenters. The van der Waals surface area contributed by atoms with Crippen LogP contribution in [0.3, 0.4) is 0 Å². The Bertz CT molecular complexity index is 606. The minimum atomic E-state index is -1.65. The first-order valence-corrected chi connectivity index (χ1v) is 6.03. The van der Waals surface area contributed by atoms with Crippen LogP contribution in [0.5, 0.6) is 5.75 Å². The van der Waals surface area contributed by atoms with Crippen LogP contribution in [0.4, 0.5) is 5.69 Å². The fourth-order valence-corrected chi connectivity index (χ4v) is 1.55.